The summed E-state index contributed by atoms with van der Waals surface area (Å²) in [7, 11) is -4.18. The first-order valence-corrected chi connectivity index (χ1v) is 11.0. The van der Waals surface area contributed by atoms with E-state index in [0.29, 0.717) is 0 Å². The number of amides is 2. The van der Waals surface area contributed by atoms with Gasteiger partial charge >= 0.3 is 0 Å². The number of carbonyl (C=O) groups excluding carboxylic acids is 2. The quantitative estimate of drug-likeness (QED) is 0.615. The Kier molecular flexibility index (Phi) is 7.38. The molecule has 0 spiro atoms. The summed E-state index contributed by atoms with van der Waals surface area (Å²) in [5.74, 6) is -3.47. The minimum Gasteiger partial charge on any atom is -0.478 e. The standard InChI is InChI=1S/C20H21F2N3O6S/c1-13(31-17-5-3-2-4-15(17)21)19(26)23-24-20(27)14-6-7-16(22)18(12-14)32(28,29)25-8-10-30-11-9-25/h2-7,12-13H,8-11H2,1H3,(H,23,26)(H,24,27)/t13-/m0/s1. The molecule has 1 aliphatic heterocycles. The fraction of sp³-hybridized carbons (Fsp3) is 0.300. The molecule has 12 heteroatoms. The monoisotopic (exact) mass is 469 g/mol. The Morgan fingerprint density at radius 1 is 1.06 bits per heavy atom. The van der Waals surface area contributed by atoms with Gasteiger partial charge < -0.3 is 9.47 Å². The molecule has 0 aromatic heterocycles. The minimum absolute atomic E-state index is 0.0636. The Bertz CT molecular complexity index is 1110. The van der Waals surface area contributed by atoms with E-state index < -0.39 is 44.5 Å². The number of hydrazine groups is 1. The molecule has 1 saturated heterocycles. The van der Waals surface area contributed by atoms with Crippen LogP contribution < -0.4 is 15.6 Å². The lowest BCUT2D eigenvalue weighted by Gasteiger charge is -2.26. The topological polar surface area (TPSA) is 114 Å². The molecule has 0 aliphatic carbocycles. The van der Waals surface area contributed by atoms with Crippen LogP contribution in [0.3, 0.4) is 0 Å². The normalized spacial score (nSPS) is 15.6. The van der Waals surface area contributed by atoms with Crippen molar-refractivity contribution in [3.05, 3.63) is 59.7 Å². The molecule has 2 aromatic rings. The summed E-state index contributed by atoms with van der Waals surface area (Å²) in [4.78, 5) is 23.8. The molecule has 2 N–H and O–H groups in total. The van der Waals surface area contributed by atoms with Crippen molar-refractivity contribution >= 4 is 21.8 Å². The maximum absolute atomic E-state index is 14.3. The van der Waals surface area contributed by atoms with E-state index in [1.807, 2.05) is 0 Å². The smallest absolute Gasteiger partial charge is 0.279 e. The lowest BCUT2D eigenvalue weighted by Crippen LogP contribution is -2.47. The number of nitrogens with one attached hydrogen (secondary N) is 2. The number of benzene rings is 2. The Morgan fingerprint density at radius 3 is 2.44 bits per heavy atom. The number of halogens is 2. The number of hydrogen-bond donors (Lipinski definition) is 2. The van der Waals surface area contributed by atoms with E-state index in [4.69, 9.17) is 9.47 Å². The lowest BCUT2D eigenvalue weighted by atomic mass is 10.2. The predicted molar refractivity (Wildman–Crippen MR) is 108 cm³/mol. The largest absolute Gasteiger partial charge is 0.478 e. The molecule has 1 atom stereocenters. The number of carbonyl (C=O) groups is 2. The molecule has 0 radical (unpaired) electrons. The molecule has 0 saturated carbocycles. The number of para-hydroxylation sites is 1. The summed E-state index contributed by atoms with van der Waals surface area (Å²) < 4.78 is 64.7. The number of morpholine rings is 1. The van der Waals surface area contributed by atoms with Crippen LogP contribution in [0.15, 0.2) is 47.4 Å². The zero-order valence-electron chi connectivity index (χ0n) is 17.0. The molecule has 2 amide bonds. The number of hydrogen-bond acceptors (Lipinski definition) is 6. The van der Waals surface area contributed by atoms with E-state index in [1.54, 1.807) is 0 Å². The van der Waals surface area contributed by atoms with Crippen molar-refractivity contribution in [2.75, 3.05) is 26.3 Å². The van der Waals surface area contributed by atoms with Crippen molar-refractivity contribution in [3.8, 4) is 5.75 Å². The second kappa shape index (κ2) is 10.0. The van der Waals surface area contributed by atoms with Crippen LogP contribution in [-0.4, -0.2) is 56.9 Å². The van der Waals surface area contributed by atoms with Gasteiger partial charge in [0.25, 0.3) is 11.8 Å². The Labute approximate surface area is 183 Å². The fourth-order valence-corrected chi connectivity index (χ4v) is 4.34. The van der Waals surface area contributed by atoms with Gasteiger partial charge in [-0.05, 0) is 37.3 Å². The average Bonchev–Trinajstić information content (AvgIpc) is 2.79. The summed E-state index contributed by atoms with van der Waals surface area (Å²) in [5, 5.41) is 0. The first-order chi connectivity index (χ1) is 15.2. The maximum Gasteiger partial charge on any atom is 0.279 e. The molecule has 0 unspecified atom stereocenters. The van der Waals surface area contributed by atoms with Crippen LogP contribution in [-0.2, 0) is 19.6 Å². The second-order valence-electron chi connectivity index (χ2n) is 6.80. The van der Waals surface area contributed by atoms with Crippen molar-refractivity contribution in [1.29, 1.82) is 0 Å². The van der Waals surface area contributed by atoms with Crippen LogP contribution in [0.2, 0.25) is 0 Å². The highest BCUT2D eigenvalue weighted by Gasteiger charge is 2.30. The predicted octanol–water partition coefficient (Wildman–Crippen LogP) is 1.21. The molecule has 1 fully saturated rings. The minimum atomic E-state index is -4.18. The zero-order valence-corrected chi connectivity index (χ0v) is 17.8. The van der Waals surface area contributed by atoms with Crippen molar-refractivity contribution < 1.29 is 36.3 Å². The van der Waals surface area contributed by atoms with Gasteiger partial charge in [-0.15, -0.1) is 0 Å². The van der Waals surface area contributed by atoms with Gasteiger partial charge in [0.1, 0.15) is 10.7 Å². The molecular formula is C20H21F2N3O6S. The third kappa shape index (κ3) is 5.39. The molecule has 1 aliphatic rings. The van der Waals surface area contributed by atoms with E-state index in [1.165, 1.54) is 31.2 Å². The van der Waals surface area contributed by atoms with Gasteiger partial charge in [0.15, 0.2) is 17.7 Å². The van der Waals surface area contributed by atoms with E-state index >= 15 is 0 Å². The molecule has 172 valence electrons. The number of ether oxygens (including phenoxy) is 2. The second-order valence-corrected chi connectivity index (χ2v) is 8.70. The van der Waals surface area contributed by atoms with E-state index in [0.717, 1.165) is 22.5 Å². The van der Waals surface area contributed by atoms with Gasteiger partial charge in [-0.25, -0.2) is 17.2 Å². The molecule has 32 heavy (non-hydrogen) atoms. The van der Waals surface area contributed by atoms with Crippen LogP contribution >= 0.6 is 0 Å². The molecule has 2 aromatic carbocycles. The van der Waals surface area contributed by atoms with Crippen LogP contribution in [0.25, 0.3) is 0 Å². The van der Waals surface area contributed by atoms with Crippen LogP contribution in [0.5, 0.6) is 5.75 Å². The van der Waals surface area contributed by atoms with Crippen LogP contribution in [0.1, 0.15) is 17.3 Å². The first kappa shape index (κ1) is 23.6. The summed E-state index contributed by atoms with van der Waals surface area (Å²) in [6.45, 7) is 1.83. The molecule has 3 rings (SSSR count). The van der Waals surface area contributed by atoms with E-state index in [9.17, 15) is 26.8 Å². The third-order valence-electron chi connectivity index (χ3n) is 4.59. The van der Waals surface area contributed by atoms with Crippen molar-refractivity contribution in [1.82, 2.24) is 15.2 Å². The third-order valence-corrected chi connectivity index (χ3v) is 6.50. The average molecular weight is 469 g/mol. The number of nitrogens with zero attached hydrogens (tertiary/aromatic N) is 1. The summed E-state index contributed by atoms with van der Waals surface area (Å²) >= 11 is 0. The van der Waals surface area contributed by atoms with E-state index in [2.05, 4.69) is 10.9 Å². The van der Waals surface area contributed by atoms with Crippen LogP contribution in [0, 0.1) is 11.6 Å². The first-order valence-electron chi connectivity index (χ1n) is 9.59. The summed E-state index contributed by atoms with van der Waals surface area (Å²) in [6.07, 6.45) is -1.15. The van der Waals surface area contributed by atoms with E-state index in [-0.39, 0.29) is 37.6 Å². The molecule has 0 bridgehead atoms. The summed E-state index contributed by atoms with van der Waals surface area (Å²) in [5.41, 5.74) is 4.00. The lowest BCUT2D eigenvalue weighted by molar-refractivity contribution is -0.128. The highest BCUT2D eigenvalue weighted by molar-refractivity contribution is 7.89. The Balaban J connectivity index is 1.66. The zero-order chi connectivity index (χ0) is 23.3. The highest BCUT2D eigenvalue weighted by Crippen LogP contribution is 2.22. The maximum atomic E-state index is 14.3. The Hall–Kier alpha value is -3.09. The van der Waals surface area contributed by atoms with Crippen molar-refractivity contribution in [3.63, 3.8) is 0 Å². The van der Waals surface area contributed by atoms with Gasteiger partial charge in [-0.3, -0.25) is 20.4 Å². The van der Waals surface area contributed by atoms with Gasteiger partial charge in [-0.2, -0.15) is 4.31 Å². The van der Waals surface area contributed by atoms with Gasteiger partial charge in [0, 0.05) is 18.7 Å². The van der Waals surface area contributed by atoms with Crippen molar-refractivity contribution in [2.24, 2.45) is 0 Å². The number of rotatable bonds is 6. The van der Waals surface area contributed by atoms with Gasteiger partial charge in [0.05, 0.1) is 13.2 Å². The highest BCUT2D eigenvalue weighted by atomic mass is 32.2. The summed E-state index contributed by atoms with van der Waals surface area (Å²) in [6, 6.07) is 8.32. The fourth-order valence-electron chi connectivity index (χ4n) is 2.84. The van der Waals surface area contributed by atoms with Gasteiger partial charge in [0.2, 0.25) is 10.0 Å². The van der Waals surface area contributed by atoms with Crippen LogP contribution in [0.4, 0.5) is 8.78 Å². The van der Waals surface area contributed by atoms with Crippen molar-refractivity contribution in [2.45, 2.75) is 17.9 Å². The molecule has 1 heterocycles. The SMILES string of the molecule is C[C@H](Oc1ccccc1F)C(=O)NNC(=O)c1ccc(F)c(S(=O)(=O)N2CCOCC2)c1. The molecule has 9 nitrogen and oxygen atoms in total. The molecular weight excluding hydrogens is 448 g/mol. The number of sulfonamides is 1. The van der Waals surface area contributed by atoms with Gasteiger partial charge in [-0.1, -0.05) is 12.1 Å². The Morgan fingerprint density at radius 2 is 1.75 bits per heavy atom.